The quantitative estimate of drug-likeness (QED) is 0.501. The van der Waals surface area contributed by atoms with Crippen LogP contribution in [0.2, 0.25) is 0 Å². The predicted octanol–water partition coefficient (Wildman–Crippen LogP) is 6.01. The van der Waals surface area contributed by atoms with Gasteiger partial charge in [-0.3, -0.25) is 0 Å². The van der Waals surface area contributed by atoms with Crippen LogP contribution in [0.1, 0.15) is 71.3 Å². The van der Waals surface area contributed by atoms with E-state index in [9.17, 15) is 0 Å². The van der Waals surface area contributed by atoms with E-state index in [0.717, 1.165) is 0 Å². The van der Waals surface area contributed by atoms with Crippen LogP contribution in [0, 0.1) is 5.41 Å². The first kappa shape index (κ1) is 15.3. The topological polar surface area (TPSA) is 0 Å². The third kappa shape index (κ3) is 4.84. The lowest BCUT2D eigenvalue weighted by Crippen LogP contribution is -2.23. The van der Waals surface area contributed by atoms with Crippen molar-refractivity contribution in [1.82, 2.24) is 0 Å². The summed E-state index contributed by atoms with van der Waals surface area (Å²) in [7, 11) is 0. The Balaban J connectivity index is 2.79. The summed E-state index contributed by atoms with van der Waals surface area (Å²) >= 11 is 0. The maximum absolute atomic E-state index is 2.33. The van der Waals surface area contributed by atoms with E-state index in [2.05, 4.69) is 51.1 Å². The van der Waals surface area contributed by atoms with Gasteiger partial charge >= 0.3 is 0 Å². The second-order valence-electron chi connectivity index (χ2n) is 5.77. The lowest BCUT2D eigenvalue weighted by molar-refractivity contribution is 0.205. The van der Waals surface area contributed by atoms with Crippen molar-refractivity contribution in [3.8, 4) is 0 Å². The van der Waals surface area contributed by atoms with E-state index in [1.165, 1.54) is 56.9 Å². The van der Waals surface area contributed by atoms with Crippen LogP contribution in [0.4, 0.5) is 0 Å². The van der Waals surface area contributed by atoms with Gasteiger partial charge in [-0.05, 0) is 36.7 Å². The molecule has 0 aliphatic rings. The van der Waals surface area contributed by atoms with Gasteiger partial charge in [-0.25, -0.2) is 0 Å². The molecular weight excluding hydrogens is 216 g/mol. The molecule has 1 aromatic carbocycles. The molecule has 0 amide bonds. The Bertz CT molecular complexity index is 293. The highest BCUT2D eigenvalue weighted by atomic mass is 14.3. The van der Waals surface area contributed by atoms with Gasteiger partial charge < -0.3 is 0 Å². The molecule has 0 aliphatic carbocycles. The van der Waals surface area contributed by atoms with Gasteiger partial charge in [0.05, 0.1) is 0 Å². The van der Waals surface area contributed by atoms with Crippen LogP contribution in [0.5, 0.6) is 0 Å². The summed E-state index contributed by atoms with van der Waals surface area (Å²) in [6, 6.07) is 11.1. The van der Waals surface area contributed by atoms with Gasteiger partial charge in [0.15, 0.2) is 0 Å². The molecule has 0 bridgehead atoms. The Morgan fingerprint density at radius 1 is 0.778 bits per heavy atom. The Morgan fingerprint density at radius 3 is 1.89 bits per heavy atom. The molecule has 0 fully saturated rings. The number of hydrogen-bond donors (Lipinski definition) is 0. The number of hydrogen-bond acceptors (Lipinski definition) is 0. The lowest BCUT2D eigenvalue weighted by atomic mass is 9.71. The molecule has 1 rings (SSSR count). The van der Waals surface area contributed by atoms with Gasteiger partial charge in [0, 0.05) is 0 Å². The molecular formula is C18H30. The Labute approximate surface area is 114 Å². The van der Waals surface area contributed by atoms with Crippen molar-refractivity contribution in [3.05, 3.63) is 35.9 Å². The molecule has 0 unspecified atom stereocenters. The fraction of sp³-hybridized carbons (Fsp3) is 0.667. The molecule has 0 heterocycles. The molecule has 0 aliphatic heterocycles. The van der Waals surface area contributed by atoms with Crippen molar-refractivity contribution in [1.29, 1.82) is 0 Å². The van der Waals surface area contributed by atoms with Crippen molar-refractivity contribution in [2.45, 2.75) is 72.1 Å². The minimum absolute atomic E-state index is 0.556. The lowest BCUT2D eigenvalue weighted by Gasteiger charge is -2.34. The van der Waals surface area contributed by atoms with Crippen molar-refractivity contribution in [2.75, 3.05) is 0 Å². The van der Waals surface area contributed by atoms with Crippen molar-refractivity contribution in [2.24, 2.45) is 5.41 Å². The molecule has 18 heavy (non-hydrogen) atoms. The Hall–Kier alpha value is -0.780. The molecule has 0 saturated heterocycles. The SMILES string of the molecule is CCCCC(CCC)(CCC)Cc1ccccc1. The molecule has 0 heteroatoms. The fourth-order valence-corrected chi connectivity index (χ4v) is 3.28. The highest BCUT2D eigenvalue weighted by Gasteiger charge is 2.27. The summed E-state index contributed by atoms with van der Waals surface area (Å²) in [4.78, 5) is 0. The predicted molar refractivity (Wildman–Crippen MR) is 81.9 cm³/mol. The van der Waals surface area contributed by atoms with E-state index >= 15 is 0 Å². The summed E-state index contributed by atoms with van der Waals surface area (Å²) < 4.78 is 0. The standard InChI is InChI=1S/C18H30/c1-4-7-15-18(13-5-2,14-6-3)16-17-11-9-8-10-12-17/h8-12H,4-7,13-16H2,1-3H3. The Kier molecular flexibility index (Phi) is 7.08. The first-order valence-corrected chi connectivity index (χ1v) is 7.80. The molecule has 0 nitrogen and oxygen atoms in total. The van der Waals surface area contributed by atoms with Crippen molar-refractivity contribution < 1.29 is 0 Å². The maximum Gasteiger partial charge on any atom is -0.0222 e. The molecule has 102 valence electrons. The third-order valence-corrected chi connectivity index (χ3v) is 4.04. The minimum atomic E-state index is 0.556. The first-order valence-electron chi connectivity index (χ1n) is 7.80. The molecule has 0 radical (unpaired) electrons. The molecule has 1 aromatic rings. The Morgan fingerprint density at radius 2 is 1.39 bits per heavy atom. The van der Waals surface area contributed by atoms with E-state index in [1.807, 2.05) is 0 Å². The maximum atomic E-state index is 2.33. The van der Waals surface area contributed by atoms with E-state index in [4.69, 9.17) is 0 Å². The van der Waals surface area contributed by atoms with Crippen LogP contribution in [0.15, 0.2) is 30.3 Å². The van der Waals surface area contributed by atoms with E-state index < -0.39 is 0 Å². The van der Waals surface area contributed by atoms with Crippen molar-refractivity contribution in [3.63, 3.8) is 0 Å². The van der Waals surface area contributed by atoms with Gasteiger partial charge in [0.25, 0.3) is 0 Å². The monoisotopic (exact) mass is 246 g/mol. The zero-order chi connectivity index (χ0) is 13.3. The average Bonchev–Trinajstić information content (AvgIpc) is 2.38. The van der Waals surface area contributed by atoms with Gasteiger partial charge in [-0.2, -0.15) is 0 Å². The summed E-state index contributed by atoms with van der Waals surface area (Å²) in [6.45, 7) is 6.98. The van der Waals surface area contributed by atoms with Crippen LogP contribution in [0.3, 0.4) is 0 Å². The molecule has 0 aromatic heterocycles. The largest absolute Gasteiger partial charge is 0.0654 e. The van der Waals surface area contributed by atoms with Gasteiger partial charge in [-0.15, -0.1) is 0 Å². The highest BCUT2D eigenvalue weighted by molar-refractivity contribution is 5.16. The summed E-state index contributed by atoms with van der Waals surface area (Å²) in [5, 5.41) is 0. The third-order valence-electron chi connectivity index (χ3n) is 4.04. The van der Waals surface area contributed by atoms with E-state index in [-0.39, 0.29) is 0 Å². The number of rotatable bonds is 9. The van der Waals surface area contributed by atoms with Gasteiger partial charge in [0.1, 0.15) is 0 Å². The zero-order valence-corrected chi connectivity index (χ0v) is 12.5. The summed E-state index contributed by atoms with van der Waals surface area (Å²) in [6.07, 6.45) is 10.8. The second-order valence-corrected chi connectivity index (χ2v) is 5.77. The number of unbranched alkanes of at least 4 members (excludes halogenated alkanes) is 1. The molecule has 0 N–H and O–H groups in total. The molecule has 0 saturated carbocycles. The van der Waals surface area contributed by atoms with Crippen LogP contribution in [0.25, 0.3) is 0 Å². The van der Waals surface area contributed by atoms with Crippen LogP contribution < -0.4 is 0 Å². The molecule has 0 atom stereocenters. The summed E-state index contributed by atoms with van der Waals surface area (Å²) in [5.41, 5.74) is 2.08. The van der Waals surface area contributed by atoms with E-state index in [1.54, 1.807) is 0 Å². The van der Waals surface area contributed by atoms with Crippen LogP contribution in [-0.4, -0.2) is 0 Å². The fourth-order valence-electron chi connectivity index (χ4n) is 3.28. The van der Waals surface area contributed by atoms with Gasteiger partial charge in [0.2, 0.25) is 0 Å². The van der Waals surface area contributed by atoms with Gasteiger partial charge in [-0.1, -0.05) is 76.8 Å². The minimum Gasteiger partial charge on any atom is -0.0654 e. The van der Waals surface area contributed by atoms with Crippen molar-refractivity contribution >= 4 is 0 Å². The normalized spacial score (nSPS) is 11.7. The highest BCUT2D eigenvalue weighted by Crippen LogP contribution is 2.38. The first-order chi connectivity index (χ1) is 8.76. The average molecular weight is 246 g/mol. The second kappa shape index (κ2) is 8.34. The van der Waals surface area contributed by atoms with Crippen LogP contribution in [-0.2, 0) is 6.42 Å². The van der Waals surface area contributed by atoms with E-state index in [0.29, 0.717) is 5.41 Å². The zero-order valence-electron chi connectivity index (χ0n) is 12.5. The smallest absolute Gasteiger partial charge is 0.0222 e. The number of benzene rings is 1. The van der Waals surface area contributed by atoms with Crippen LogP contribution >= 0.6 is 0 Å². The summed E-state index contributed by atoms with van der Waals surface area (Å²) in [5.74, 6) is 0. The molecule has 0 spiro atoms.